The number of unbranched alkanes of at least 4 members (excludes halogenated alkanes) is 1. The minimum Gasteiger partial charge on any atom is -0.460 e. The van der Waals surface area contributed by atoms with Gasteiger partial charge in [0.2, 0.25) is 0 Å². The molecule has 0 radical (unpaired) electrons. The summed E-state index contributed by atoms with van der Waals surface area (Å²) in [5.74, 6) is -0.898. The van der Waals surface area contributed by atoms with Gasteiger partial charge in [-0.25, -0.2) is 9.59 Å². The van der Waals surface area contributed by atoms with Gasteiger partial charge in [0.05, 0.1) is 23.8 Å². The van der Waals surface area contributed by atoms with Crippen LogP contribution in [0.1, 0.15) is 60.7 Å². The average Bonchev–Trinajstić information content (AvgIpc) is 2.56. The van der Waals surface area contributed by atoms with Crippen molar-refractivity contribution in [1.82, 2.24) is 0 Å². The molecule has 1 atom stereocenters. The van der Waals surface area contributed by atoms with E-state index in [0.717, 1.165) is 22.8 Å². The lowest BCUT2D eigenvalue weighted by Gasteiger charge is -2.12. The molecule has 0 aromatic heterocycles. The number of carbonyl (C=O) groups excluding carboxylic acids is 2. The Hall–Kier alpha value is -1.15. The number of esters is 2. The molecule has 0 saturated carbocycles. The van der Waals surface area contributed by atoms with E-state index in [4.69, 9.17) is 14.2 Å². The fourth-order valence-corrected chi connectivity index (χ4v) is 2.46. The van der Waals surface area contributed by atoms with Crippen molar-refractivity contribution in [2.75, 3.05) is 19.8 Å². The van der Waals surface area contributed by atoms with Gasteiger partial charge in [-0.15, -0.1) is 0 Å². The first-order valence-corrected chi connectivity index (χ1v) is 9.32. The Morgan fingerprint density at radius 3 is 2.33 bits per heavy atom. The molecule has 0 saturated heterocycles. The zero-order chi connectivity index (χ0) is 17.9. The number of ether oxygens (including phenoxy) is 3. The lowest BCUT2D eigenvalue weighted by molar-refractivity contribution is 0.0313. The molecule has 0 aliphatic rings. The number of halogens is 1. The van der Waals surface area contributed by atoms with Crippen LogP contribution in [0.5, 0.6) is 0 Å². The Balaban J connectivity index is 2.61. The van der Waals surface area contributed by atoms with Gasteiger partial charge in [0, 0.05) is 10.2 Å². The highest BCUT2D eigenvalue weighted by atomic mass is 127. The molecule has 0 heterocycles. The summed E-state index contributed by atoms with van der Waals surface area (Å²) in [5, 5.41) is 0. The summed E-state index contributed by atoms with van der Waals surface area (Å²) in [5.41, 5.74) is 0.694. The first-order valence-electron chi connectivity index (χ1n) is 8.24. The van der Waals surface area contributed by atoms with E-state index in [0.29, 0.717) is 24.3 Å². The van der Waals surface area contributed by atoms with Crippen molar-refractivity contribution in [2.24, 2.45) is 0 Å². The molecule has 134 valence electrons. The third kappa shape index (κ3) is 7.61. The van der Waals surface area contributed by atoms with Crippen molar-refractivity contribution in [1.29, 1.82) is 0 Å². The lowest BCUT2D eigenvalue weighted by Crippen LogP contribution is -2.16. The highest BCUT2D eigenvalue weighted by Crippen LogP contribution is 2.16. The van der Waals surface area contributed by atoms with Crippen LogP contribution in [0.3, 0.4) is 0 Å². The smallest absolute Gasteiger partial charge is 0.338 e. The van der Waals surface area contributed by atoms with E-state index in [1.165, 1.54) is 6.07 Å². The highest BCUT2D eigenvalue weighted by Gasteiger charge is 2.16. The average molecular weight is 448 g/mol. The number of rotatable bonds is 10. The molecule has 0 amide bonds. The Kier molecular flexibility index (Phi) is 9.94. The first kappa shape index (κ1) is 20.9. The fourth-order valence-electron chi connectivity index (χ4n) is 1.78. The second-order valence-electron chi connectivity index (χ2n) is 5.45. The number of carbonyl (C=O) groups is 2. The van der Waals surface area contributed by atoms with E-state index in [1.807, 2.05) is 13.8 Å². The summed E-state index contributed by atoms with van der Waals surface area (Å²) < 4.78 is 16.6. The SMILES string of the molecule is CCCCOCCOC(=O)c1cc(I)cc(C(=O)O[C@@H](C)CC)c1. The summed E-state index contributed by atoms with van der Waals surface area (Å²) in [6.07, 6.45) is 2.64. The van der Waals surface area contributed by atoms with E-state index in [1.54, 1.807) is 12.1 Å². The van der Waals surface area contributed by atoms with Crippen LogP contribution in [-0.4, -0.2) is 37.9 Å². The maximum Gasteiger partial charge on any atom is 0.338 e. The van der Waals surface area contributed by atoms with Crippen molar-refractivity contribution in [3.8, 4) is 0 Å². The van der Waals surface area contributed by atoms with Gasteiger partial charge in [-0.3, -0.25) is 0 Å². The topological polar surface area (TPSA) is 61.8 Å². The molecular formula is C18H25IO5. The van der Waals surface area contributed by atoms with Gasteiger partial charge < -0.3 is 14.2 Å². The van der Waals surface area contributed by atoms with Crippen LogP contribution in [0.15, 0.2) is 18.2 Å². The van der Waals surface area contributed by atoms with Crippen LogP contribution < -0.4 is 0 Å². The van der Waals surface area contributed by atoms with Crippen LogP contribution >= 0.6 is 22.6 Å². The first-order chi connectivity index (χ1) is 11.5. The summed E-state index contributed by atoms with van der Waals surface area (Å²) in [6.45, 7) is 7.10. The molecule has 0 aliphatic heterocycles. The van der Waals surface area contributed by atoms with Gasteiger partial charge in [-0.2, -0.15) is 0 Å². The van der Waals surface area contributed by atoms with Gasteiger partial charge in [0.25, 0.3) is 0 Å². The molecule has 0 fully saturated rings. The summed E-state index contributed by atoms with van der Waals surface area (Å²) in [6, 6.07) is 4.88. The second-order valence-corrected chi connectivity index (χ2v) is 6.70. The monoisotopic (exact) mass is 448 g/mol. The van der Waals surface area contributed by atoms with Crippen molar-refractivity contribution in [3.63, 3.8) is 0 Å². The van der Waals surface area contributed by atoms with E-state index in [2.05, 4.69) is 29.5 Å². The zero-order valence-corrected chi connectivity index (χ0v) is 16.6. The van der Waals surface area contributed by atoms with Crippen LogP contribution in [0.4, 0.5) is 0 Å². The molecule has 1 aromatic carbocycles. The standard InChI is InChI=1S/C18H25IO5/c1-4-6-7-22-8-9-23-17(20)14-10-15(12-16(19)11-14)18(21)24-13(3)5-2/h10-13H,4-9H2,1-3H3/t13-/m0/s1. The third-order valence-corrected chi connectivity index (χ3v) is 3.98. The molecule has 1 aromatic rings. The van der Waals surface area contributed by atoms with Gasteiger partial charge >= 0.3 is 11.9 Å². The summed E-state index contributed by atoms with van der Waals surface area (Å²) in [4.78, 5) is 24.2. The molecule has 6 heteroatoms. The molecule has 0 N–H and O–H groups in total. The Morgan fingerprint density at radius 2 is 1.71 bits per heavy atom. The molecule has 0 spiro atoms. The minimum atomic E-state index is -0.467. The third-order valence-electron chi connectivity index (χ3n) is 3.36. The Labute approximate surface area is 157 Å². The molecule has 24 heavy (non-hydrogen) atoms. The van der Waals surface area contributed by atoms with Gasteiger partial charge in [-0.1, -0.05) is 20.3 Å². The molecule has 0 aliphatic carbocycles. The summed E-state index contributed by atoms with van der Waals surface area (Å²) >= 11 is 2.06. The Bertz CT molecular complexity index is 544. The predicted octanol–water partition coefficient (Wildman–Crippen LogP) is 4.22. The van der Waals surface area contributed by atoms with Crippen LogP contribution in [0.2, 0.25) is 0 Å². The molecule has 5 nitrogen and oxygen atoms in total. The molecule has 0 bridgehead atoms. The maximum absolute atomic E-state index is 12.1. The fraction of sp³-hybridized carbons (Fsp3) is 0.556. The van der Waals surface area contributed by atoms with Gasteiger partial charge in [0.1, 0.15) is 6.61 Å². The highest BCUT2D eigenvalue weighted by molar-refractivity contribution is 14.1. The predicted molar refractivity (Wildman–Crippen MR) is 100 cm³/mol. The van der Waals surface area contributed by atoms with E-state index in [9.17, 15) is 9.59 Å². The van der Waals surface area contributed by atoms with Crippen molar-refractivity contribution >= 4 is 34.5 Å². The van der Waals surface area contributed by atoms with Gasteiger partial charge in [0.15, 0.2) is 0 Å². The lowest BCUT2D eigenvalue weighted by atomic mass is 10.1. The largest absolute Gasteiger partial charge is 0.460 e. The van der Waals surface area contributed by atoms with Crippen molar-refractivity contribution in [2.45, 2.75) is 46.1 Å². The molecular weight excluding hydrogens is 423 g/mol. The van der Waals surface area contributed by atoms with E-state index in [-0.39, 0.29) is 12.7 Å². The van der Waals surface area contributed by atoms with Crippen molar-refractivity contribution < 1.29 is 23.8 Å². The van der Waals surface area contributed by atoms with E-state index >= 15 is 0 Å². The van der Waals surface area contributed by atoms with Crippen LogP contribution in [0.25, 0.3) is 0 Å². The maximum atomic E-state index is 12.1. The van der Waals surface area contributed by atoms with Gasteiger partial charge in [-0.05, 0) is 60.6 Å². The van der Waals surface area contributed by atoms with Crippen molar-refractivity contribution in [3.05, 3.63) is 32.9 Å². The number of hydrogen-bond donors (Lipinski definition) is 0. The van der Waals surface area contributed by atoms with Crippen LogP contribution in [-0.2, 0) is 14.2 Å². The molecule has 0 unspecified atom stereocenters. The van der Waals surface area contributed by atoms with Crippen LogP contribution in [0, 0.1) is 3.57 Å². The quantitative estimate of drug-likeness (QED) is 0.305. The minimum absolute atomic E-state index is 0.161. The molecule has 1 rings (SSSR count). The summed E-state index contributed by atoms with van der Waals surface area (Å²) in [7, 11) is 0. The Morgan fingerprint density at radius 1 is 1.04 bits per heavy atom. The number of hydrogen-bond acceptors (Lipinski definition) is 5. The number of benzene rings is 1. The normalized spacial score (nSPS) is 11.8. The second kappa shape index (κ2) is 11.4. The van der Waals surface area contributed by atoms with E-state index < -0.39 is 11.9 Å². The zero-order valence-electron chi connectivity index (χ0n) is 14.5.